The molecule has 1 fully saturated rings. The first-order valence-corrected chi connectivity index (χ1v) is 12.3. The van der Waals surface area contributed by atoms with Crippen LogP contribution < -0.4 is 14.9 Å². The zero-order valence-corrected chi connectivity index (χ0v) is 19.5. The number of nitrogens with one attached hydrogen (secondary N) is 2. The summed E-state index contributed by atoms with van der Waals surface area (Å²) in [6.07, 6.45) is 4.83. The molecule has 0 unspecified atom stereocenters. The molecule has 0 spiro atoms. The highest BCUT2D eigenvalue weighted by Crippen LogP contribution is 2.25. The molecule has 2 aromatic carbocycles. The van der Waals surface area contributed by atoms with Crippen molar-refractivity contribution in [1.29, 1.82) is 0 Å². The predicted molar refractivity (Wildman–Crippen MR) is 129 cm³/mol. The van der Waals surface area contributed by atoms with E-state index in [0.717, 1.165) is 11.1 Å². The molecule has 1 saturated heterocycles. The average Bonchev–Trinajstić information content (AvgIpc) is 2.82. The van der Waals surface area contributed by atoms with Crippen LogP contribution in [0.5, 0.6) is 0 Å². The lowest BCUT2D eigenvalue weighted by molar-refractivity contribution is -0.120. The number of aryl methyl sites for hydroxylation is 2. The second-order valence-electron chi connectivity index (χ2n) is 8.20. The molecule has 3 aromatic rings. The van der Waals surface area contributed by atoms with Crippen LogP contribution >= 0.6 is 0 Å². The van der Waals surface area contributed by atoms with Crippen molar-refractivity contribution in [2.45, 2.75) is 31.6 Å². The van der Waals surface area contributed by atoms with Crippen molar-refractivity contribution in [3.8, 4) is 0 Å². The average molecular weight is 466 g/mol. The number of hydrogen-bond donors (Lipinski definition) is 2. The van der Waals surface area contributed by atoms with Gasteiger partial charge in [0.05, 0.1) is 10.6 Å². The molecule has 9 heteroatoms. The number of sulfonamides is 1. The lowest BCUT2D eigenvalue weighted by atomic mass is 9.96. The van der Waals surface area contributed by atoms with Crippen LogP contribution in [0.1, 0.15) is 24.0 Å². The smallest absolute Gasteiger partial charge is 0.261 e. The molecule has 1 aliphatic rings. The predicted octanol–water partition coefficient (Wildman–Crippen LogP) is 3.75. The summed E-state index contributed by atoms with van der Waals surface area (Å²) < 4.78 is 28.3. The summed E-state index contributed by atoms with van der Waals surface area (Å²) in [6.45, 7) is 5.15. The Morgan fingerprint density at radius 3 is 2.15 bits per heavy atom. The Bertz CT molecular complexity index is 1200. The molecule has 0 bridgehead atoms. The first-order chi connectivity index (χ1) is 15.8. The zero-order chi connectivity index (χ0) is 23.4. The number of anilines is 3. The van der Waals surface area contributed by atoms with Gasteiger partial charge in [-0.2, -0.15) is 0 Å². The minimum Gasteiger partial charge on any atom is -0.341 e. The maximum atomic E-state index is 12.8. The maximum Gasteiger partial charge on any atom is 0.261 e. The number of carbonyl (C=O) groups is 1. The number of rotatable bonds is 6. The van der Waals surface area contributed by atoms with Crippen LogP contribution in [-0.2, 0) is 14.8 Å². The number of piperidine rings is 1. The molecule has 4 rings (SSSR count). The van der Waals surface area contributed by atoms with Crippen molar-refractivity contribution in [2.75, 3.05) is 28.0 Å². The van der Waals surface area contributed by atoms with Gasteiger partial charge >= 0.3 is 0 Å². The highest BCUT2D eigenvalue weighted by atomic mass is 32.2. The van der Waals surface area contributed by atoms with E-state index in [9.17, 15) is 13.2 Å². The van der Waals surface area contributed by atoms with Crippen LogP contribution in [0.2, 0.25) is 0 Å². The van der Waals surface area contributed by atoms with Crippen LogP contribution in [-0.4, -0.2) is 37.4 Å². The number of amides is 1. The van der Waals surface area contributed by atoms with Gasteiger partial charge in [0.2, 0.25) is 11.9 Å². The van der Waals surface area contributed by atoms with Gasteiger partial charge in [-0.15, -0.1) is 0 Å². The fourth-order valence-electron chi connectivity index (χ4n) is 3.93. The third kappa shape index (κ3) is 5.31. The molecule has 33 heavy (non-hydrogen) atoms. The van der Waals surface area contributed by atoms with Gasteiger partial charge in [0.25, 0.3) is 10.0 Å². The highest BCUT2D eigenvalue weighted by molar-refractivity contribution is 7.92. The number of nitrogens with zero attached hydrogens (tertiary/aromatic N) is 3. The second kappa shape index (κ2) is 9.58. The van der Waals surface area contributed by atoms with Crippen LogP contribution in [0.25, 0.3) is 0 Å². The molecule has 0 atom stereocenters. The molecule has 0 aliphatic carbocycles. The Labute approximate surface area is 194 Å². The lowest BCUT2D eigenvalue weighted by Gasteiger charge is -2.31. The van der Waals surface area contributed by atoms with E-state index >= 15 is 0 Å². The SMILES string of the molecule is Cc1cccc(C)c1NS(=O)(=O)c1ccc(NC(=O)C2CCN(c3ncccn3)CC2)cc1. The molecule has 0 saturated carbocycles. The summed E-state index contributed by atoms with van der Waals surface area (Å²) >= 11 is 0. The molecule has 1 aromatic heterocycles. The summed E-state index contributed by atoms with van der Waals surface area (Å²) in [7, 11) is -3.74. The number of benzene rings is 2. The number of para-hydroxylation sites is 1. The quantitative estimate of drug-likeness (QED) is 0.575. The van der Waals surface area contributed by atoms with Gasteiger partial charge in [-0.3, -0.25) is 9.52 Å². The topological polar surface area (TPSA) is 104 Å². The summed E-state index contributed by atoms with van der Waals surface area (Å²) in [5.41, 5.74) is 2.86. The van der Waals surface area contributed by atoms with Crippen LogP contribution in [0.4, 0.5) is 17.3 Å². The molecule has 2 N–H and O–H groups in total. The summed E-state index contributed by atoms with van der Waals surface area (Å²) in [5.74, 6) is 0.509. The van der Waals surface area contributed by atoms with E-state index in [1.807, 2.05) is 32.0 Å². The van der Waals surface area contributed by atoms with Crippen molar-refractivity contribution < 1.29 is 13.2 Å². The van der Waals surface area contributed by atoms with Gasteiger partial charge in [-0.1, -0.05) is 18.2 Å². The minimum absolute atomic E-state index is 0.0621. The normalized spacial score (nSPS) is 14.7. The molecule has 0 radical (unpaired) electrons. The summed E-state index contributed by atoms with van der Waals surface area (Å²) in [6, 6.07) is 13.6. The van der Waals surface area contributed by atoms with Crippen molar-refractivity contribution in [3.63, 3.8) is 0 Å². The van der Waals surface area contributed by atoms with Crippen LogP contribution in [0, 0.1) is 19.8 Å². The molecule has 1 amide bonds. The van der Waals surface area contributed by atoms with Gasteiger partial charge in [0.15, 0.2) is 0 Å². The van der Waals surface area contributed by atoms with Gasteiger partial charge < -0.3 is 10.2 Å². The zero-order valence-electron chi connectivity index (χ0n) is 18.7. The van der Waals surface area contributed by atoms with E-state index in [1.54, 1.807) is 30.6 Å². The first-order valence-electron chi connectivity index (χ1n) is 10.9. The Kier molecular flexibility index (Phi) is 6.60. The van der Waals surface area contributed by atoms with Crippen LogP contribution in [0.15, 0.2) is 65.8 Å². The maximum absolute atomic E-state index is 12.8. The van der Waals surface area contributed by atoms with Crippen LogP contribution in [0.3, 0.4) is 0 Å². The summed E-state index contributed by atoms with van der Waals surface area (Å²) in [4.78, 5) is 23.5. The monoisotopic (exact) mass is 465 g/mol. The van der Waals surface area contributed by atoms with Gasteiger partial charge in [0.1, 0.15) is 0 Å². The fraction of sp³-hybridized carbons (Fsp3) is 0.292. The first kappa shape index (κ1) is 22.7. The van der Waals surface area contributed by atoms with E-state index in [-0.39, 0.29) is 16.7 Å². The molecule has 8 nitrogen and oxygen atoms in total. The lowest BCUT2D eigenvalue weighted by Crippen LogP contribution is -2.39. The van der Waals surface area contributed by atoms with E-state index in [1.165, 1.54) is 12.1 Å². The standard InChI is InChI=1S/C24H27N5O3S/c1-17-5-3-6-18(2)22(17)28-33(31,32)21-9-7-20(8-10-21)27-23(30)19-11-15-29(16-12-19)24-25-13-4-14-26-24/h3-10,13-14,19,28H,11-12,15-16H2,1-2H3,(H,27,30). The highest BCUT2D eigenvalue weighted by Gasteiger charge is 2.26. The van der Waals surface area contributed by atoms with E-state index in [0.29, 0.717) is 43.3 Å². The molecular weight excluding hydrogens is 438 g/mol. The van der Waals surface area contributed by atoms with Crippen molar-refractivity contribution in [1.82, 2.24) is 9.97 Å². The molecule has 2 heterocycles. The third-order valence-electron chi connectivity index (χ3n) is 5.85. The minimum atomic E-state index is -3.74. The van der Waals surface area contributed by atoms with E-state index in [2.05, 4.69) is 24.9 Å². The van der Waals surface area contributed by atoms with Crippen molar-refractivity contribution >= 4 is 33.3 Å². The third-order valence-corrected chi connectivity index (χ3v) is 7.22. The van der Waals surface area contributed by atoms with Gasteiger partial charge in [0, 0.05) is 37.1 Å². The molecule has 1 aliphatic heterocycles. The van der Waals surface area contributed by atoms with Gasteiger partial charge in [-0.05, 0) is 68.1 Å². The number of aromatic nitrogens is 2. The molecule has 172 valence electrons. The fourth-order valence-corrected chi connectivity index (χ4v) is 5.13. The largest absolute Gasteiger partial charge is 0.341 e. The second-order valence-corrected chi connectivity index (χ2v) is 9.88. The Morgan fingerprint density at radius 2 is 1.55 bits per heavy atom. The number of hydrogen-bond acceptors (Lipinski definition) is 6. The van der Waals surface area contributed by atoms with Gasteiger partial charge in [-0.25, -0.2) is 18.4 Å². The van der Waals surface area contributed by atoms with E-state index in [4.69, 9.17) is 0 Å². The Morgan fingerprint density at radius 1 is 0.939 bits per heavy atom. The molecular formula is C24H27N5O3S. The van der Waals surface area contributed by atoms with Crippen molar-refractivity contribution in [2.24, 2.45) is 5.92 Å². The van der Waals surface area contributed by atoms with E-state index < -0.39 is 10.0 Å². The van der Waals surface area contributed by atoms with Crippen molar-refractivity contribution in [3.05, 3.63) is 72.1 Å². The summed E-state index contributed by atoms with van der Waals surface area (Å²) in [5, 5.41) is 2.91. The Balaban J connectivity index is 1.36. The Hall–Kier alpha value is -3.46. The number of carbonyl (C=O) groups excluding carboxylic acids is 1.